The third-order valence-corrected chi connectivity index (χ3v) is 6.97. The number of likely N-dealkylation sites (tertiary alicyclic amines) is 1. The molecule has 7 nitrogen and oxygen atoms in total. The Labute approximate surface area is 162 Å². The molecule has 0 radical (unpaired) electrons. The standard InChI is InChI=1S/C19H26N4O3S/c1-2-21-12-14(18(25)26)16(24)15-17(21)27-19(20-15)23-10-6-13(7-11-23)22-8-4-3-5-9-22/h12-13H,2-11H2,1H3,(H,25,26). The van der Waals surface area contributed by atoms with Gasteiger partial charge in [-0.25, -0.2) is 9.78 Å². The molecule has 0 aromatic carbocycles. The molecule has 2 aliphatic heterocycles. The molecule has 146 valence electrons. The van der Waals surface area contributed by atoms with Gasteiger partial charge in [0.25, 0.3) is 0 Å². The van der Waals surface area contributed by atoms with Crippen LogP contribution in [0.2, 0.25) is 0 Å². The molecule has 27 heavy (non-hydrogen) atoms. The number of piperidine rings is 2. The number of hydrogen-bond donors (Lipinski definition) is 1. The first-order valence-electron chi connectivity index (χ1n) is 9.84. The molecule has 0 aliphatic carbocycles. The van der Waals surface area contributed by atoms with E-state index in [2.05, 4.69) is 14.8 Å². The Kier molecular flexibility index (Phi) is 5.19. The van der Waals surface area contributed by atoms with Gasteiger partial charge in [-0.2, -0.15) is 0 Å². The highest BCUT2D eigenvalue weighted by molar-refractivity contribution is 7.21. The van der Waals surface area contributed by atoms with Gasteiger partial charge in [-0.3, -0.25) is 4.79 Å². The zero-order chi connectivity index (χ0) is 19.0. The van der Waals surface area contributed by atoms with Gasteiger partial charge in [-0.15, -0.1) is 0 Å². The summed E-state index contributed by atoms with van der Waals surface area (Å²) in [5.74, 6) is -1.19. The Balaban J connectivity index is 1.57. The smallest absolute Gasteiger partial charge is 0.341 e. The summed E-state index contributed by atoms with van der Waals surface area (Å²) in [5.41, 5.74) is -0.396. The Bertz CT molecular complexity index is 892. The van der Waals surface area contributed by atoms with Crippen LogP contribution in [0.25, 0.3) is 10.3 Å². The van der Waals surface area contributed by atoms with Crippen molar-refractivity contribution in [3.8, 4) is 0 Å². The lowest BCUT2D eigenvalue weighted by Gasteiger charge is -2.40. The summed E-state index contributed by atoms with van der Waals surface area (Å²) in [6.45, 7) is 6.87. The number of carbonyl (C=O) groups is 1. The third kappa shape index (κ3) is 3.48. The van der Waals surface area contributed by atoms with E-state index < -0.39 is 11.4 Å². The minimum Gasteiger partial charge on any atom is -0.477 e. The van der Waals surface area contributed by atoms with Gasteiger partial charge in [0.1, 0.15) is 15.9 Å². The maximum Gasteiger partial charge on any atom is 0.341 e. The summed E-state index contributed by atoms with van der Waals surface area (Å²) in [7, 11) is 0. The number of thiazole rings is 1. The molecular weight excluding hydrogens is 364 g/mol. The predicted octanol–water partition coefficient (Wildman–Crippen LogP) is 2.63. The lowest BCUT2D eigenvalue weighted by molar-refractivity contribution is 0.0695. The second kappa shape index (κ2) is 7.59. The molecule has 2 saturated heterocycles. The summed E-state index contributed by atoms with van der Waals surface area (Å²) in [5, 5.41) is 10.1. The summed E-state index contributed by atoms with van der Waals surface area (Å²) in [6.07, 6.45) is 7.66. The molecule has 0 saturated carbocycles. The van der Waals surface area contributed by atoms with Crippen LogP contribution in [-0.2, 0) is 6.54 Å². The van der Waals surface area contributed by atoms with Gasteiger partial charge in [0.2, 0.25) is 5.43 Å². The number of anilines is 1. The number of fused-ring (bicyclic) bond motifs is 1. The third-order valence-electron chi connectivity index (χ3n) is 5.82. The number of aryl methyl sites for hydroxylation is 1. The van der Waals surface area contributed by atoms with Crippen molar-refractivity contribution < 1.29 is 9.90 Å². The zero-order valence-electron chi connectivity index (χ0n) is 15.7. The molecule has 0 unspecified atom stereocenters. The molecule has 8 heteroatoms. The van der Waals surface area contributed by atoms with Crippen LogP contribution in [0.1, 0.15) is 49.4 Å². The molecule has 4 heterocycles. The van der Waals surface area contributed by atoms with E-state index in [-0.39, 0.29) is 11.1 Å². The summed E-state index contributed by atoms with van der Waals surface area (Å²) in [6, 6.07) is 0.658. The normalized spacial score (nSPS) is 19.7. The number of aromatic nitrogens is 2. The Morgan fingerprint density at radius 2 is 1.93 bits per heavy atom. The number of rotatable bonds is 4. The van der Waals surface area contributed by atoms with Crippen LogP contribution in [0, 0.1) is 0 Å². The maximum atomic E-state index is 12.5. The Morgan fingerprint density at radius 1 is 1.22 bits per heavy atom. The van der Waals surface area contributed by atoms with Crippen LogP contribution >= 0.6 is 11.3 Å². The highest BCUT2D eigenvalue weighted by Gasteiger charge is 2.27. The number of aromatic carboxylic acids is 1. The van der Waals surface area contributed by atoms with E-state index >= 15 is 0 Å². The molecule has 2 fully saturated rings. The van der Waals surface area contributed by atoms with E-state index in [0.717, 1.165) is 35.9 Å². The van der Waals surface area contributed by atoms with Crippen molar-refractivity contribution in [2.75, 3.05) is 31.1 Å². The number of carboxylic acid groups (broad SMARTS) is 1. The SMILES string of the molecule is CCn1cc(C(=O)O)c(=O)c2nc(N3CCC(N4CCCCC4)CC3)sc21. The van der Waals surface area contributed by atoms with Gasteiger partial charge < -0.3 is 19.5 Å². The van der Waals surface area contributed by atoms with Crippen LogP contribution in [0.15, 0.2) is 11.0 Å². The average Bonchev–Trinajstić information content (AvgIpc) is 3.15. The van der Waals surface area contributed by atoms with E-state index in [4.69, 9.17) is 0 Å². The molecule has 2 aromatic rings. The van der Waals surface area contributed by atoms with E-state index in [9.17, 15) is 14.7 Å². The highest BCUT2D eigenvalue weighted by atomic mass is 32.1. The Morgan fingerprint density at radius 3 is 2.56 bits per heavy atom. The summed E-state index contributed by atoms with van der Waals surface area (Å²) >= 11 is 1.50. The quantitative estimate of drug-likeness (QED) is 0.865. The fourth-order valence-corrected chi connectivity index (χ4v) is 5.43. The van der Waals surface area contributed by atoms with Crippen molar-refractivity contribution in [1.29, 1.82) is 0 Å². The minimum absolute atomic E-state index is 0.204. The first kappa shape index (κ1) is 18.4. The van der Waals surface area contributed by atoms with E-state index in [0.29, 0.717) is 12.6 Å². The van der Waals surface area contributed by atoms with E-state index in [1.54, 1.807) is 0 Å². The molecule has 0 atom stereocenters. The van der Waals surface area contributed by atoms with Crippen LogP contribution in [0.3, 0.4) is 0 Å². The van der Waals surface area contributed by atoms with Crippen LogP contribution in [0.5, 0.6) is 0 Å². The average molecular weight is 391 g/mol. The number of carboxylic acids is 1. The van der Waals surface area contributed by atoms with Crippen molar-refractivity contribution in [1.82, 2.24) is 14.5 Å². The second-order valence-corrected chi connectivity index (χ2v) is 8.38. The first-order valence-corrected chi connectivity index (χ1v) is 10.7. The first-order chi connectivity index (χ1) is 13.1. The van der Waals surface area contributed by atoms with Gasteiger partial charge in [0.15, 0.2) is 5.13 Å². The number of hydrogen-bond acceptors (Lipinski definition) is 6. The fourth-order valence-electron chi connectivity index (χ4n) is 4.27. The minimum atomic E-state index is -1.19. The largest absolute Gasteiger partial charge is 0.477 e. The molecule has 4 rings (SSSR count). The van der Waals surface area contributed by atoms with Gasteiger partial charge in [-0.1, -0.05) is 17.8 Å². The lowest BCUT2D eigenvalue weighted by atomic mass is 10.0. The molecule has 1 N–H and O–H groups in total. The van der Waals surface area contributed by atoms with Gasteiger partial charge in [0, 0.05) is 31.9 Å². The van der Waals surface area contributed by atoms with Crippen LogP contribution in [-0.4, -0.2) is 57.7 Å². The van der Waals surface area contributed by atoms with Crippen molar-refractivity contribution in [2.24, 2.45) is 0 Å². The Hall–Kier alpha value is -1.93. The van der Waals surface area contributed by atoms with Crippen LogP contribution in [0.4, 0.5) is 5.13 Å². The predicted molar refractivity (Wildman–Crippen MR) is 107 cm³/mol. The maximum absolute atomic E-state index is 12.5. The molecule has 0 bridgehead atoms. The van der Waals surface area contributed by atoms with E-state index in [1.165, 1.54) is 49.9 Å². The number of pyridine rings is 1. The molecule has 2 aromatic heterocycles. The lowest BCUT2D eigenvalue weighted by Crippen LogP contribution is -2.46. The van der Waals surface area contributed by atoms with Crippen molar-refractivity contribution in [2.45, 2.75) is 51.6 Å². The molecule has 0 spiro atoms. The van der Waals surface area contributed by atoms with Gasteiger partial charge in [-0.05, 0) is 45.7 Å². The van der Waals surface area contributed by atoms with E-state index in [1.807, 2.05) is 11.5 Å². The topological polar surface area (TPSA) is 78.7 Å². The van der Waals surface area contributed by atoms with Gasteiger partial charge >= 0.3 is 5.97 Å². The van der Waals surface area contributed by atoms with Crippen molar-refractivity contribution in [3.63, 3.8) is 0 Å². The highest BCUT2D eigenvalue weighted by Crippen LogP contribution is 2.31. The van der Waals surface area contributed by atoms with Crippen molar-refractivity contribution >= 4 is 32.8 Å². The molecular formula is C19H26N4O3S. The second-order valence-electron chi connectivity index (χ2n) is 7.43. The molecule has 0 amide bonds. The van der Waals surface area contributed by atoms with Gasteiger partial charge in [0.05, 0.1) is 0 Å². The fraction of sp³-hybridized carbons (Fsp3) is 0.632. The zero-order valence-corrected chi connectivity index (χ0v) is 16.5. The molecule has 2 aliphatic rings. The summed E-state index contributed by atoms with van der Waals surface area (Å²) in [4.78, 5) is 34.1. The summed E-state index contributed by atoms with van der Waals surface area (Å²) < 4.78 is 1.82. The number of nitrogens with zero attached hydrogens (tertiary/aromatic N) is 4. The van der Waals surface area contributed by atoms with Crippen molar-refractivity contribution in [3.05, 3.63) is 22.0 Å². The van der Waals surface area contributed by atoms with Crippen LogP contribution < -0.4 is 10.3 Å². The monoisotopic (exact) mass is 390 g/mol.